The van der Waals surface area contributed by atoms with E-state index >= 15 is 0 Å². The van der Waals surface area contributed by atoms with Gasteiger partial charge >= 0.3 is 5.69 Å². The number of rotatable bonds is 5. The van der Waals surface area contributed by atoms with Gasteiger partial charge in [0.1, 0.15) is 5.15 Å². The van der Waals surface area contributed by atoms with Crippen LogP contribution in [0.15, 0.2) is 12.1 Å². The lowest BCUT2D eigenvalue weighted by Gasteiger charge is -2.20. The Morgan fingerprint density at radius 2 is 2.10 bits per heavy atom. The summed E-state index contributed by atoms with van der Waals surface area (Å²) in [6.45, 7) is 0. The number of carbonyl (C=O) groups excluding carboxylic acids is 1. The SMILES string of the molecule is O=C(CCC1CCCCC1)Nc1nc(Cl)ccc1[N+](=O)[O-]. The molecule has 0 unspecified atom stereocenters. The second-order valence-corrected chi connectivity index (χ2v) is 5.74. The number of anilines is 1. The van der Waals surface area contributed by atoms with Crippen molar-refractivity contribution >= 4 is 29.0 Å². The van der Waals surface area contributed by atoms with Crippen LogP contribution in [-0.2, 0) is 4.79 Å². The Bertz CT molecular complexity index is 530. The molecule has 1 aromatic heterocycles. The average Bonchev–Trinajstić information content (AvgIpc) is 2.46. The number of nitrogens with one attached hydrogen (secondary N) is 1. The largest absolute Gasteiger partial charge is 0.311 e. The lowest BCUT2D eigenvalue weighted by molar-refractivity contribution is -0.384. The molecular weight excluding hydrogens is 294 g/mol. The molecule has 0 spiro atoms. The van der Waals surface area contributed by atoms with E-state index < -0.39 is 4.92 Å². The first-order valence-corrected chi connectivity index (χ1v) is 7.55. The van der Waals surface area contributed by atoms with Gasteiger partial charge in [-0.25, -0.2) is 4.98 Å². The number of aromatic nitrogens is 1. The second kappa shape index (κ2) is 7.36. The smallest absolute Gasteiger partial charge is 0.305 e. The summed E-state index contributed by atoms with van der Waals surface area (Å²) in [5.41, 5.74) is -0.245. The predicted octanol–water partition coefficient (Wildman–Crippen LogP) is 3.94. The summed E-state index contributed by atoms with van der Waals surface area (Å²) in [6, 6.07) is 2.57. The van der Waals surface area contributed by atoms with Crippen molar-refractivity contribution in [2.24, 2.45) is 5.92 Å². The van der Waals surface area contributed by atoms with Gasteiger partial charge < -0.3 is 5.32 Å². The lowest BCUT2D eigenvalue weighted by atomic mass is 9.86. The molecule has 1 N–H and O–H groups in total. The van der Waals surface area contributed by atoms with Gasteiger partial charge in [-0.3, -0.25) is 14.9 Å². The summed E-state index contributed by atoms with van der Waals surface area (Å²) >= 11 is 5.72. The third-order valence-electron chi connectivity index (χ3n) is 3.80. The molecule has 0 atom stereocenters. The molecule has 1 aliphatic carbocycles. The van der Waals surface area contributed by atoms with E-state index in [2.05, 4.69) is 10.3 Å². The van der Waals surface area contributed by atoms with Gasteiger partial charge in [0.15, 0.2) is 0 Å². The molecule has 0 saturated heterocycles. The lowest BCUT2D eigenvalue weighted by Crippen LogP contribution is -2.16. The van der Waals surface area contributed by atoms with E-state index in [0.717, 1.165) is 6.42 Å². The van der Waals surface area contributed by atoms with E-state index in [1.807, 2.05) is 0 Å². The van der Waals surface area contributed by atoms with E-state index in [1.165, 1.54) is 44.2 Å². The van der Waals surface area contributed by atoms with Crippen molar-refractivity contribution in [1.29, 1.82) is 0 Å². The van der Waals surface area contributed by atoms with Crippen molar-refractivity contribution in [2.45, 2.75) is 44.9 Å². The van der Waals surface area contributed by atoms with Crippen molar-refractivity contribution in [3.8, 4) is 0 Å². The van der Waals surface area contributed by atoms with Crippen LogP contribution in [0.4, 0.5) is 11.5 Å². The zero-order valence-corrected chi connectivity index (χ0v) is 12.4. The van der Waals surface area contributed by atoms with E-state index in [1.54, 1.807) is 0 Å². The summed E-state index contributed by atoms with van der Waals surface area (Å²) < 4.78 is 0. The standard InChI is InChI=1S/C14H18ClN3O3/c15-12-8-7-11(18(20)21)14(16-12)17-13(19)9-6-10-4-2-1-3-5-10/h7-8,10H,1-6,9H2,(H,16,17,19). The highest BCUT2D eigenvalue weighted by molar-refractivity contribution is 6.29. The summed E-state index contributed by atoms with van der Waals surface area (Å²) in [5, 5.41) is 13.5. The molecule has 0 aliphatic heterocycles. The maximum Gasteiger partial charge on any atom is 0.311 e. The first kappa shape index (κ1) is 15.7. The molecule has 114 valence electrons. The van der Waals surface area contributed by atoms with E-state index in [4.69, 9.17) is 11.6 Å². The molecule has 21 heavy (non-hydrogen) atoms. The Labute approximate surface area is 128 Å². The summed E-state index contributed by atoms with van der Waals surface area (Å²) in [4.78, 5) is 26.1. The quantitative estimate of drug-likeness (QED) is 0.507. The predicted molar refractivity (Wildman–Crippen MR) is 80.3 cm³/mol. The Hall–Kier alpha value is -1.69. The zero-order valence-electron chi connectivity index (χ0n) is 11.7. The molecule has 1 fully saturated rings. The molecule has 6 nitrogen and oxygen atoms in total. The fraction of sp³-hybridized carbons (Fsp3) is 0.571. The minimum absolute atomic E-state index is 0.0823. The highest BCUT2D eigenvalue weighted by Gasteiger charge is 2.19. The molecule has 0 bridgehead atoms. The van der Waals surface area contributed by atoms with Crippen molar-refractivity contribution in [3.05, 3.63) is 27.4 Å². The molecule has 1 amide bonds. The number of halogens is 1. The molecule has 0 radical (unpaired) electrons. The van der Waals surface area contributed by atoms with Crippen LogP contribution in [-0.4, -0.2) is 15.8 Å². The number of nitro groups is 1. The van der Waals surface area contributed by atoms with Crippen LogP contribution < -0.4 is 5.32 Å². The van der Waals surface area contributed by atoms with Crippen LogP contribution in [0.5, 0.6) is 0 Å². The van der Waals surface area contributed by atoms with Crippen LogP contribution in [0.25, 0.3) is 0 Å². The third kappa shape index (κ3) is 4.67. The Morgan fingerprint density at radius 1 is 1.38 bits per heavy atom. The zero-order chi connectivity index (χ0) is 15.2. The van der Waals surface area contributed by atoms with E-state index in [-0.39, 0.29) is 22.6 Å². The van der Waals surface area contributed by atoms with Gasteiger partial charge in [-0.1, -0.05) is 43.7 Å². The number of nitrogens with zero attached hydrogens (tertiary/aromatic N) is 2. The van der Waals surface area contributed by atoms with Gasteiger partial charge in [-0.2, -0.15) is 0 Å². The van der Waals surface area contributed by atoms with Crippen LogP contribution in [0.3, 0.4) is 0 Å². The van der Waals surface area contributed by atoms with Crippen LogP contribution in [0.1, 0.15) is 44.9 Å². The first-order valence-electron chi connectivity index (χ1n) is 7.17. The number of hydrogen-bond acceptors (Lipinski definition) is 4. The van der Waals surface area contributed by atoms with Gasteiger partial charge in [-0.05, 0) is 18.4 Å². The molecule has 2 rings (SSSR count). The Morgan fingerprint density at radius 3 is 2.76 bits per heavy atom. The van der Waals surface area contributed by atoms with E-state index in [9.17, 15) is 14.9 Å². The van der Waals surface area contributed by atoms with Gasteiger partial charge in [0.25, 0.3) is 0 Å². The molecule has 1 aromatic rings. The van der Waals surface area contributed by atoms with Gasteiger partial charge in [0, 0.05) is 12.5 Å². The second-order valence-electron chi connectivity index (χ2n) is 5.35. The van der Waals surface area contributed by atoms with Crippen molar-refractivity contribution in [2.75, 3.05) is 5.32 Å². The maximum absolute atomic E-state index is 11.9. The third-order valence-corrected chi connectivity index (χ3v) is 4.01. The minimum atomic E-state index is -0.583. The van der Waals surface area contributed by atoms with Crippen molar-refractivity contribution < 1.29 is 9.72 Å². The van der Waals surface area contributed by atoms with E-state index in [0.29, 0.717) is 12.3 Å². The highest BCUT2D eigenvalue weighted by Crippen LogP contribution is 2.28. The monoisotopic (exact) mass is 311 g/mol. The number of carbonyl (C=O) groups is 1. The fourth-order valence-corrected chi connectivity index (χ4v) is 2.82. The maximum atomic E-state index is 11.9. The molecule has 7 heteroatoms. The number of amides is 1. The van der Waals surface area contributed by atoms with Crippen molar-refractivity contribution in [3.63, 3.8) is 0 Å². The fourth-order valence-electron chi connectivity index (χ4n) is 2.67. The molecule has 1 saturated carbocycles. The first-order chi connectivity index (χ1) is 10.1. The number of hydrogen-bond donors (Lipinski definition) is 1. The molecule has 0 aromatic carbocycles. The van der Waals surface area contributed by atoms with Gasteiger partial charge in [-0.15, -0.1) is 0 Å². The van der Waals surface area contributed by atoms with Crippen LogP contribution in [0, 0.1) is 16.0 Å². The summed E-state index contributed by atoms with van der Waals surface area (Å²) in [5.74, 6) is 0.256. The summed E-state index contributed by atoms with van der Waals surface area (Å²) in [7, 11) is 0. The summed E-state index contributed by atoms with van der Waals surface area (Å²) in [6.07, 6.45) is 7.25. The van der Waals surface area contributed by atoms with Crippen LogP contribution >= 0.6 is 11.6 Å². The molecule has 1 heterocycles. The normalized spacial score (nSPS) is 15.7. The number of pyridine rings is 1. The molecular formula is C14H18ClN3O3. The van der Waals surface area contributed by atoms with Gasteiger partial charge in [0.2, 0.25) is 11.7 Å². The average molecular weight is 312 g/mol. The highest BCUT2D eigenvalue weighted by atomic mass is 35.5. The Kier molecular flexibility index (Phi) is 5.50. The van der Waals surface area contributed by atoms with Crippen LogP contribution in [0.2, 0.25) is 5.15 Å². The molecule has 1 aliphatic rings. The van der Waals surface area contributed by atoms with Crippen molar-refractivity contribution in [1.82, 2.24) is 4.98 Å². The Balaban J connectivity index is 1.92. The van der Waals surface area contributed by atoms with Gasteiger partial charge in [0.05, 0.1) is 4.92 Å². The topological polar surface area (TPSA) is 85.1 Å². The minimum Gasteiger partial charge on any atom is -0.305 e.